The molecule has 0 amide bonds. The molecule has 2 aromatic rings. The molecule has 0 saturated carbocycles. The van der Waals surface area contributed by atoms with Crippen LogP contribution < -0.4 is 5.32 Å². The fourth-order valence-corrected chi connectivity index (χ4v) is 3.78. The van der Waals surface area contributed by atoms with Gasteiger partial charge in [0.25, 0.3) is 0 Å². The first kappa shape index (κ1) is 23.7. The number of carbonyl (C=O) groups is 1. The molecule has 0 spiro atoms. The summed E-state index contributed by atoms with van der Waals surface area (Å²) in [5.74, 6) is -3.13. The lowest BCUT2D eigenvalue weighted by Crippen LogP contribution is -2.38. The Morgan fingerprint density at radius 1 is 1.17 bits per heavy atom. The normalized spacial score (nSPS) is 12.5. The zero-order valence-electron chi connectivity index (χ0n) is 15.0. The standard InChI is InChI=1S/C16H13ClF5N3O4S/c1-29-14(26)12-13(24-6-5-23-12)25-8-15(18,19)30(27,28)7-9-3-2-4-10(17)11(9)16(20,21)22/h2-6H,7-8H2,1H3,(H,24,25). The van der Waals surface area contributed by atoms with Crippen molar-refractivity contribution >= 4 is 33.2 Å². The van der Waals surface area contributed by atoms with Gasteiger partial charge in [-0.3, -0.25) is 0 Å². The van der Waals surface area contributed by atoms with E-state index >= 15 is 0 Å². The average molecular weight is 474 g/mol. The maximum absolute atomic E-state index is 14.4. The van der Waals surface area contributed by atoms with Crippen LogP contribution in [-0.2, 0) is 26.5 Å². The molecule has 0 saturated heterocycles. The van der Waals surface area contributed by atoms with Gasteiger partial charge in [-0.1, -0.05) is 23.7 Å². The molecule has 14 heteroatoms. The topological polar surface area (TPSA) is 98.2 Å². The number of halogens is 6. The summed E-state index contributed by atoms with van der Waals surface area (Å²) < 4.78 is 97.0. The molecule has 0 bridgehead atoms. The van der Waals surface area contributed by atoms with Crippen LogP contribution in [-0.4, -0.2) is 43.3 Å². The minimum Gasteiger partial charge on any atom is -0.464 e. The molecule has 0 radical (unpaired) electrons. The van der Waals surface area contributed by atoms with Crippen molar-refractivity contribution in [2.24, 2.45) is 0 Å². The number of ether oxygens (including phenoxy) is 1. The van der Waals surface area contributed by atoms with Gasteiger partial charge in [-0.05, 0) is 11.6 Å². The van der Waals surface area contributed by atoms with E-state index in [0.717, 1.165) is 37.7 Å². The number of aromatic nitrogens is 2. The Balaban J connectivity index is 2.29. The molecule has 1 aromatic heterocycles. The Morgan fingerprint density at radius 3 is 2.40 bits per heavy atom. The number of esters is 1. The van der Waals surface area contributed by atoms with Gasteiger partial charge in [0.2, 0.25) is 9.84 Å². The Bertz CT molecular complexity index is 1050. The van der Waals surface area contributed by atoms with Gasteiger partial charge < -0.3 is 10.1 Å². The van der Waals surface area contributed by atoms with Gasteiger partial charge in [0.15, 0.2) is 11.5 Å². The van der Waals surface area contributed by atoms with Crippen LogP contribution in [0.1, 0.15) is 21.6 Å². The molecule has 0 aliphatic rings. The van der Waals surface area contributed by atoms with Crippen molar-refractivity contribution in [3.8, 4) is 0 Å². The first-order valence-corrected chi connectivity index (χ1v) is 9.91. The summed E-state index contributed by atoms with van der Waals surface area (Å²) in [5, 5.41) is -3.38. The van der Waals surface area contributed by atoms with Crippen LogP contribution in [0.25, 0.3) is 0 Å². The lowest BCUT2D eigenvalue weighted by atomic mass is 10.1. The van der Waals surface area contributed by atoms with E-state index in [1.54, 1.807) is 0 Å². The summed E-state index contributed by atoms with van der Waals surface area (Å²) in [7, 11) is -4.44. The highest BCUT2D eigenvalue weighted by molar-refractivity contribution is 7.91. The number of hydrogen-bond acceptors (Lipinski definition) is 7. The van der Waals surface area contributed by atoms with Crippen molar-refractivity contribution in [2.45, 2.75) is 17.2 Å². The zero-order chi connectivity index (χ0) is 22.7. The quantitative estimate of drug-likeness (QED) is 0.485. The van der Waals surface area contributed by atoms with Crippen molar-refractivity contribution < 1.29 is 39.9 Å². The molecular formula is C16H13ClF5N3O4S. The summed E-state index contributed by atoms with van der Waals surface area (Å²) in [6.45, 7) is -1.58. The Labute approximate surface area is 172 Å². The third-order valence-corrected chi connectivity index (χ3v) is 5.78. The number of rotatable bonds is 7. The van der Waals surface area contributed by atoms with Crippen LogP contribution in [0.3, 0.4) is 0 Å². The molecule has 7 nitrogen and oxygen atoms in total. The molecule has 1 N–H and O–H groups in total. The number of nitrogens with zero attached hydrogens (tertiary/aromatic N) is 2. The monoisotopic (exact) mass is 473 g/mol. The van der Waals surface area contributed by atoms with Crippen molar-refractivity contribution in [1.29, 1.82) is 0 Å². The van der Waals surface area contributed by atoms with E-state index in [1.165, 1.54) is 0 Å². The second-order valence-electron chi connectivity index (χ2n) is 5.77. The van der Waals surface area contributed by atoms with Crippen LogP contribution in [0.2, 0.25) is 5.02 Å². The fourth-order valence-electron chi connectivity index (χ4n) is 2.33. The lowest BCUT2D eigenvalue weighted by molar-refractivity contribution is -0.138. The highest BCUT2D eigenvalue weighted by atomic mass is 35.5. The second-order valence-corrected chi connectivity index (χ2v) is 8.29. The molecule has 1 aromatic carbocycles. The van der Waals surface area contributed by atoms with Crippen LogP contribution in [0, 0.1) is 0 Å². The van der Waals surface area contributed by atoms with E-state index in [-0.39, 0.29) is 0 Å². The van der Waals surface area contributed by atoms with Gasteiger partial charge in [0, 0.05) is 12.4 Å². The van der Waals surface area contributed by atoms with Gasteiger partial charge in [0.1, 0.15) is 0 Å². The molecule has 0 aliphatic carbocycles. The van der Waals surface area contributed by atoms with E-state index in [2.05, 4.69) is 14.7 Å². The number of alkyl halides is 5. The van der Waals surface area contributed by atoms with E-state index in [1.807, 2.05) is 5.32 Å². The van der Waals surface area contributed by atoms with Crippen molar-refractivity contribution in [3.63, 3.8) is 0 Å². The van der Waals surface area contributed by atoms with Gasteiger partial charge in [-0.15, -0.1) is 0 Å². The fraction of sp³-hybridized carbons (Fsp3) is 0.312. The van der Waals surface area contributed by atoms with Crippen LogP contribution in [0.4, 0.5) is 27.8 Å². The van der Waals surface area contributed by atoms with Crippen molar-refractivity contribution in [1.82, 2.24) is 9.97 Å². The highest BCUT2D eigenvalue weighted by Crippen LogP contribution is 2.39. The smallest absolute Gasteiger partial charge is 0.418 e. The lowest BCUT2D eigenvalue weighted by Gasteiger charge is -2.20. The summed E-state index contributed by atoms with van der Waals surface area (Å²) >= 11 is 5.49. The SMILES string of the molecule is COC(=O)c1nccnc1NCC(F)(F)S(=O)(=O)Cc1cccc(Cl)c1C(F)(F)F. The predicted molar refractivity (Wildman–Crippen MR) is 95.9 cm³/mol. The number of benzene rings is 1. The zero-order valence-corrected chi connectivity index (χ0v) is 16.6. The van der Waals surface area contributed by atoms with Gasteiger partial charge in [-0.2, -0.15) is 22.0 Å². The molecule has 0 fully saturated rings. The van der Waals surface area contributed by atoms with Crippen LogP contribution >= 0.6 is 11.6 Å². The first-order valence-electron chi connectivity index (χ1n) is 7.88. The summed E-state index contributed by atoms with van der Waals surface area (Å²) in [6.07, 6.45) is -2.93. The molecule has 164 valence electrons. The molecule has 0 atom stereocenters. The predicted octanol–water partition coefficient (Wildman–Crippen LogP) is 3.56. The highest BCUT2D eigenvalue weighted by Gasteiger charge is 2.46. The van der Waals surface area contributed by atoms with Crippen molar-refractivity contribution in [3.05, 3.63) is 52.4 Å². The van der Waals surface area contributed by atoms with E-state index in [0.29, 0.717) is 0 Å². The van der Waals surface area contributed by atoms with Gasteiger partial charge in [-0.25, -0.2) is 23.2 Å². The number of hydrogen-bond donors (Lipinski definition) is 1. The minimum atomic E-state index is -5.44. The number of carbonyl (C=O) groups excluding carboxylic acids is 1. The maximum Gasteiger partial charge on any atom is 0.418 e. The van der Waals surface area contributed by atoms with E-state index in [4.69, 9.17) is 11.6 Å². The molecule has 30 heavy (non-hydrogen) atoms. The second kappa shape index (κ2) is 8.68. The third-order valence-electron chi connectivity index (χ3n) is 3.72. The summed E-state index contributed by atoms with van der Waals surface area (Å²) in [4.78, 5) is 18.8. The number of methoxy groups -OCH3 is 1. The minimum absolute atomic E-state index is 0.484. The third kappa shape index (κ3) is 5.14. The largest absolute Gasteiger partial charge is 0.464 e. The maximum atomic E-state index is 14.4. The number of anilines is 1. The summed E-state index contributed by atoms with van der Waals surface area (Å²) in [5.41, 5.74) is -2.92. The Morgan fingerprint density at radius 2 is 1.80 bits per heavy atom. The summed E-state index contributed by atoms with van der Waals surface area (Å²) in [6, 6.07) is 2.62. The average Bonchev–Trinajstić information content (AvgIpc) is 2.64. The Hall–Kier alpha value is -2.54. The van der Waals surface area contributed by atoms with E-state index in [9.17, 15) is 35.2 Å². The molecular weight excluding hydrogens is 461 g/mol. The molecule has 0 aliphatic heterocycles. The number of sulfone groups is 1. The number of nitrogens with one attached hydrogen (secondary N) is 1. The molecule has 0 unspecified atom stereocenters. The van der Waals surface area contributed by atoms with Crippen molar-refractivity contribution in [2.75, 3.05) is 19.0 Å². The van der Waals surface area contributed by atoms with Gasteiger partial charge in [0.05, 0.1) is 30.0 Å². The molecule has 2 rings (SSSR count). The Kier molecular flexibility index (Phi) is 6.87. The van der Waals surface area contributed by atoms with Crippen LogP contribution in [0.15, 0.2) is 30.6 Å². The van der Waals surface area contributed by atoms with Gasteiger partial charge >= 0.3 is 17.4 Å². The van der Waals surface area contributed by atoms with Crippen LogP contribution in [0.5, 0.6) is 0 Å². The molecule has 1 heterocycles. The van der Waals surface area contributed by atoms with E-state index < -0.39 is 67.2 Å². The first-order chi connectivity index (χ1) is 13.8.